The molecule has 1 aromatic rings. The summed E-state index contributed by atoms with van der Waals surface area (Å²) in [6.07, 6.45) is 6.32. The Morgan fingerprint density at radius 2 is 2.05 bits per heavy atom. The summed E-state index contributed by atoms with van der Waals surface area (Å²) in [5, 5.41) is 15.7. The minimum atomic E-state index is 0.0490. The highest BCUT2D eigenvalue weighted by atomic mass is 15.3. The monoisotopic (exact) mass is 261 g/mol. The van der Waals surface area contributed by atoms with Crippen molar-refractivity contribution in [3.63, 3.8) is 0 Å². The molecule has 0 amide bonds. The Bertz CT molecular complexity index is 459. The molecule has 0 radical (unpaired) electrons. The molecular weight excluding hydrogens is 238 g/mol. The van der Waals surface area contributed by atoms with Gasteiger partial charge in [-0.1, -0.05) is 13.8 Å². The van der Waals surface area contributed by atoms with Crippen LogP contribution in [0.3, 0.4) is 0 Å². The molecule has 0 aliphatic heterocycles. The average molecular weight is 261 g/mol. The Kier molecular flexibility index (Phi) is 3.73. The van der Waals surface area contributed by atoms with Crippen molar-refractivity contribution in [1.29, 1.82) is 5.41 Å². The van der Waals surface area contributed by atoms with Gasteiger partial charge >= 0.3 is 0 Å². The topological polar surface area (TPSA) is 78.9 Å². The van der Waals surface area contributed by atoms with Crippen LogP contribution in [0.4, 0.5) is 5.82 Å². The van der Waals surface area contributed by atoms with E-state index >= 15 is 0 Å². The zero-order valence-corrected chi connectivity index (χ0v) is 12.0. The summed E-state index contributed by atoms with van der Waals surface area (Å²) in [6.45, 7) is 4.65. The molecule has 1 saturated carbocycles. The number of nitrogens with two attached hydrogens (primary N) is 1. The van der Waals surface area contributed by atoms with Gasteiger partial charge in [-0.2, -0.15) is 5.10 Å². The van der Waals surface area contributed by atoms with Crippen molar-refractivity contribution in [2.75, 3.05) is 11.9 Å². The molecule has 1 fully saturated rings. The molecular formula is C14H23N5. The van der Waals surface area contributed by atoms with Gasteiger partial charge in [0, 0.05) is 13.1 Å². The molecule has 5 heteroatoms. The molecule has 0 bridgehead atoms. The van der Waals surface area contributed by atoms with Gasteiger partial charge in [0.25, 0.3) is 0 Å². The number of aromatic nitrogens is 2. The van der Waals surface area contributed by atoms with Crippen LogP contribution in [0, 0.1) is 10.8 Å². The predicted molar refractivity (Wildman–Crippen MR) is 77.5 cm³/mol. The van der Waals surface area contributed by atoms with Crippen LogP contribution in [0.1, 0.15) is 45.1 Å². The molecule has 3 N–H and O–H groups in total. The zero-order valence-electron chi connectivity index (χ0n) is 12.0. The second kappa shape index (κ2) is 5.15. The van der Waals surface area contributed by atoms with Crippen molar-refractivity contribution in [1.82, 2.24) is 10.2 Å². The number of anilines is 1. The quantitative estimate of drug-likeness (QED) is 0.645. The van der Waals surface area contributed by atoms with Crippen LogP contribution in [0.25, 0.3) is 0 Å². The molecule has 19 heavy (non-hydrogen) atoms. The molecule has 2 rings (SSSR count). The third-order valence-corrected chi connectivity index (χ3v) is 4.18. The highest BCUT2D eigenvalue weighted by molar-refractivity contribution is 5.99. The molecule has 0 atom stereocenters. The predicted octanol–water partition coefficient (Wildman–Crippen LogP) is 2.17. The number of amidine groups is 1. The van der Waals surface area contributed by atoms with E-state index in [0.717, 1.165) is 18.7 Å². The summed E-state index contributed by atoms with van der Waals surface area (Å²) < 4.78 is 0. The van der Waals surface area contributed by atoms with Gasteiger partial charge in [-0.15, -0.1) is 5.10 Å². The Morgan fingerprint density at radius 1 is 1.42 bits per heavy atom. The first-order valence-electron chi connectivity index (χ1n) is 6.80. The SMILES string of the molecule is CN(c1nnccc1C(=N)N)C1CCC(C)(C)CC1. The molecule has 1 aliphatic rings. The van der Waals surface area contributed by atoms with Gasteiger partial charge in [0.05, 0.1) is 11.8 Å². The fraction of sp³-hybridized carbons (Fsp3) is 0.643. The number of rotatable bonds is 3. The van der Waals surface area contributed by atoms with Crippen LogP contribution in [-0.2, 0) is 0 Å². The summed E-state index contributed by atoms with van der Waals surface area (Å²) in [6, 6.07) is 2.22. The van der Waals surface area contributed by atoms with Crippen LogP contribution >= 0.6 is 0 Å². The summed E-state index contributed by atoms with van der Waals surface area (Å²) in [7, 11) is 2.03. The smallest absolute Gasteiger partial charge is 0.162 e. The van der Waals surface area contributed by atoms with Gasteiger partial charge in [-0.25, -0.2) is 0 Å². The van der Waals surface area contributed by atoms with Crippen LogP contribution in [0.15, 0.2) is 12.3 Å². The first-order chi connectivity index (χ1) is 8.91. The van der Waals surface area contributed by atoms with Crippen LogP contribution in [-0.4, -0.2) is 29.1 Å². The van der Waals surface area contributed by atoms with Crippen molar-refractivity contribution in [3.8, 4) is 0 Å². The molecule has 0 spiro atoms. The van der Waals surface area contributed by atoms with Crippen LogP contribution < -0.4 is 10.6 Å². The summed E-state index contributed by atoms with van der Waals surface area (Å²) in [5.41, 5.74) is 6.73. The maximum atomic E-state index is 7.63. The summed E-state index contributed by atoms with van der Waals surface area (Å²) in [5.74, 6) is 0.771. The van der Waals surface area contributed by atoms with E-state index in [4.69, 9.17) is 11.1 Å². The second-order valence-electron chi connectivity index (χ2n) is 6.19. The fourth-order valence-corrected chi connectivity index (χ4v) is 2.74. The van der Waals surface area contributed by atoms with E-state index in [1.807, 2.05) is 7.05 Å². The van der Waals surface area contributed by atoms with E-state index in [2.05, 4.69) is 28.9 Å². The van der Waals surface area contributed by atoms with Crippen molar-refractivity contribution in [2.45, 2.75) is 45.6 Å². The van der Waals surface area contributed by atoms with Crippen molar-refractivity contribution >= 4 is 11.7 Å². The zero-order chi connectivity index (χ0) is 14.0. The molecule has 1 aliphatic carbocycles. The highest BCUT2D eigenvalue weighted by Gasteiger charge is 2.30. The maximum Gasteiger partial charge on any atom is 0.162 e. The third-order valence-electron chi connectivity index (χ3n) is 4.18. The number of nitrogens with zero attached hydrogens (tertiary/aromatic N) is 3. The second-order valence-corrected chi connectivity index (χ2v) is 6.19. The molecule has 1 aromatic heterocycles. The lowest BCUT2D eigenvalue weighted by Gasteiger charge is -2.39. The Labute approximate surface area is 114 Å². The number of nitrogen functional groups attached to an aromatic ring is 1. The first-order valence-corrected chi connectivity index (χ1v) is 6.80. The lowest BCUT2D eigenvalue weighted by molar-refractivity contribution is 0.222. The van der Waals surface area contributed by atoms with Gasteiger partial charge in [0.15, 0.2) is 5.82 Å². The number of hydrogen-bond acceptors (Lipinski definition) is 4. The highest BCUT2D eigenvalue weighted by Crippen LogP contribution is 2.37. The third kappa shape index (κ3) is 3.03. The Hall–Kier alpha value is -1.65. The van der Waals surface area contributed by atoms with Gasteiger partial charge in [0.1, 0.15) is 5.84 Å². The number of nitrogens with one attached hydrogen (secondary N) is 1. The lowest BCUT2D eigenvalue weighted by Crippen LogP contribution is -2.38. The van der Waals surface area contributed by atoms with E-state index in [1.165, 1.54) is 12.8 Å². The van der Waals surface area contributed by atoms with Crippen LogP contribution in [0.2, 0.25) is 0 Å². The molecule has 104 valence electrons. The van der Waals surface area contributed by atoms with E-state index in [-0.39, 0.29) is 5.84 Å². The molecule has 1 heterocycles. The summed E-state index contributed by atoms with van der Waals surface area (Å²) >= 11 is 0. The summed E-state index contributed by atoms with van der Waals surface area (Å²) in [4.78, 5) is 2.14. The lowest BCUT2D eigenvalue weighted by atomic mass is 9.75. The minimum absolute atomic E-state index is 0.0490. The number of hydrogen-bond donors (Lipinski definition) is 2. The Balaban J connectivity index is 2.17. The van der Waals surface area contributed by atoms with Gasteiger partial charge < -0.3 is 10.6 Å². The average Bonchev–Trinajstić information content (AvgIpc) is 2.38. The van der Waals surface area contributed by atoms with Crippen LogP contribution in [0.5, 0.6) is 0 Å². The Morgan fingerprint density at radius 3 is 2.63 bits per heavy atom. The van der Waals surface area contributed by atoms with E-state index in [9.17, 15) is 0 Å². The normalized spacial score (nSPS) is 19.1. The fourth-order valence-electron chi connectivity index (χ4n) is 2.74. The van der Waals surface area contributed by atoms with E-state index in [0.29, 0.717) is 17.0 Å². The van der Waals surface area contributed by atoms with Crippen molar-refractivity contribution in [2.24, 2.45) is 11.1 Å². The largest absolute Gasteiger partial charge is 0.384 e. The van der Waals surface area contributed by atoms with Gasteiger partial charge in [-0.05, 0) is 37.2 Å². The van der Waals surface area contributed by atoms with E-state index in [1.54, 1.807) is 12.3 Å². The molecule has 5 nitrogen and oxygen atoms in total. The molecule has 0 saturated heterocycles. The first kappa shape index (κ1) is 13.8. The van der Waals surface area contributed by atoms with E-state index < -0.39 is 0 Å². The molecule has 0 unspecified atom stereocenters. The van der Waals surface area contributed by atoms with Gasteiger partial charge in [-0.3, -0.25) is 5.41 Å². The van der Waals surface area contributed by atoms with Crippen molar-refractivity contribution in [3.05, 3.63) is 17.8 Å². The minimum Gasteiger partial charge on any atom is -0.384 e. The van der Waals surface area contributed by atoms with Crippen molar-refractivity contribution < 1.29 is 0 Å². The molecule has 0 aromatic carbocycles. The maximum absolute atomic E-state index is 7.63. The standard InChI is InChI=1S/C14H23N5/c1-14(2)7-4-10(5-8-14)19(3)13-11(12(15)16)6-9-17-18-13/h6,9-10H,4-5,7-8H2,1-3H3,(H3,15,16). The van der Waals surface area contributed by atoms with Gasteiger partial charge in [0.2, 0.25) is 0 Å².